The van der Waals surface area contributed by atoms with Crippen LogP contribution in [0.2, 0.25) is 0 Å². The van der Waals surface area contributed by atoms with E-state index in [9.17, 15) is 19.2 Å². The molecule has 0 aliphatic heterocycles. The number of carbonyl (C=O) groups is 3. The Balaban J connectivity index is 4.83. The monoisotopic (exact) mass is 491 g/mol. The van der Waals surface area contributed by atoms with Crippen molar-refractivity contribution < 1.29 is 38.1 Å². The Bertz CT molecular complexity index is 737. The first-order chi connectivity index (χ1) is 16.9. The van der Waals surface area contributed by atoms with E-state index in [4.69, 9.17) is 18.9 Å². The summed E-state index contributed by atoms with van der Waals surface area (Å²) >= 11 is 0. The van der Waals surface area contributed by atoms with E-state index in [-0.39, 0.29) is 26.1 Å². The van der Waals surface area contributed by atoms with E-state index in [2.05, 4.69) is 6.58 Å². The molecule has 8 heteroatoms. The Kier molecular flexibility index (Phi) is 18.4. The standard InChI is InChI=1S/C27H39O8/c1-5-9-11-15-19-32-24(29)23(25(30)33-20-16-12-10-6-2)18-14-13-17-21-34-26(31)27(7-3,8-4)35-22-28/h7,9,11-12,16-17,21,23H,3,5-6,8,10,13-15,18-20H2,1-2,4H3. The van der Waals surface area contributed by atoms with Gasteiger partial charge < -0.3 is 18.9 Å². The molecular weight excluding hydrogens is 452 g/mol. The molecule has 2 atom stereocenters. The summed E-state index contributed by atoms with van der Waals surface area (Å²) < 4.78 is 20.2. The minimum absolute atomic E-state index is 0.0977. The van der Waals surface area contributed by atoms with Crippen LogP contribution >= 0.6 is 0 Å². The summed E-state index contributed by atoms with van der Waals surface area (Å²) in [5, 5.41) is 0. The fourth-order valence-electron chi connectivity index (χ4n) is 2.85. The highest BCUT2D eigenvalue weighted by Crippen LogP contribution is 2.19. The van der Waals surface area contributed by atoms with Gasteiger partial charge in [-0.15, -0.1) is 0 Å². The highest BCUT2D eigenvalue weighted by atomic mass is 16.6. The fraction of sp³-hybridized carbons (Fsp3) is 0.556. The van der Waals surface area contributed by atoms with E-state index in [1.807, 2.05) is 32.1 Å². The van der Waals surface area contributed by atoms with Crippen molar-refractivity contribution in [2.24, 2.45) is 5.92 Å². The molecule has 0 aromatic rings. The Morgan fingerprint density at radius 2 is 1.66 bits per heavy atom. The van der Waals surface area contributed by atoms with Crippen LogP contribution in [0.5, 0.6) is 0 Å². The van der Waals surface area contributed by atoms with Crippen LogP contribution in [0.4, 0.5) is 0 Å². The second-order valence-electron chi connectivity index (χ2n) is 7.62. The van der Waals surface area contributed by atoms with Gasteiger partial charge in [-0.05, 0) is 57.1 Å². The van der Waals surface area contributed by atoms with Crippen LogP contribution in [0.3, 0.4) is 0 Å². The average molecular weight is 492 g/mol. The fourth-order valence-corrected chi connectivity index (χ4v) is 2.85. The van der Waals surface area contributed by atoms with Crippen molar-refractivity contribution in [3.8, 4) is 0 Å². The summed E-state index contributed by atoms with van der Waals surface area (Å²) in [4.78, 5) is 47.7. The number of esters is 3. The minimum atomic E-state index is -1.59. The van der Waals surface area contributed by atoms with Gasteiger partial charge in [-0.25, -0.2) is 9.59 Å². The van der Waals surface area contributed by atoms with E-state index in [0.717, 1.165) is 19.3 Å². The molecule has 0 saturated heterocycles. The maximum Gasteiger partial charge on any atom is 0.418 e. The van der Waals surface area contributed by atoms with Crippen molar-refractivity contribution >= 4 is 24.4 Å². The van der Waals surface area contributed by atoms with Crippen LogP contribution in [0.1, 0.15) is 72.1 Å². The Morgan fingerprint density at radius 1 is 0.943 bits per heavy atom. The first kappa shape index (κ1) is 31.8. The molecule has 8 nitrogen and oxygen atoms in total. The lowest BCUT2D eigenvalue weighted by Crippen LogP contribution is -2.39. The minimum Gasteiger partial charge on any atom is -0.465 e. The van der Waals surface area contributed by atoms with Crippen LogP contribution in [-0.2, 0) is 38.1 Å². The molecule has 0 aliphatic carbocycles. The van der Waals surface area contributed by atoms with Crippen LogP contribution in [0, 0.1) is 5.92 Å². The van der Waals surface area contributed by atoms with Crippen molar-refractivity contribution in [2.45, 2.75) is 77.7 Å². The molecule has 0 heterocycles. The molecule has 0 aliphatic rings. The lowest BCUT2D eigenvalue weighted by molar-refractivity contribution is -0.161. The summed E-state index contributed by atoms with van der Waals surface area (Å²) in [7, 11) is 0. The average Bonchev–Trinajstić information content (AvgIpc) is 2.86. The molecule has 0 rings (SSSR count). The van der Waals surface area contributed by atoms with Crippen molar-refractivity contribution in [3.63, 3.8) is 0 Å². The van der Waals surface area contributed by atoms with Gasteiger partial charge in [0.25, 0.3) is 0 Å². The second kappa shape index (κ2) is 20.2. The van der Waals surface area contributed by atoms with Crippen LogP contribution in [-0.4, -0.2) is 43.2 Å². The van der Waals surface area contributed by atoms with Gasteiger partial charge in [-0.1, -0.05) is 58.1 Å². The van der Waals surface area contributed by atoms with Gasteiger partial charge in [0.1, 0.15) is 6.61 Å². The summed E-state index contributed by atoms with van der Waals surface area (Å²) in [5.41, 5.74) is -1.59. The molecular formula is C27H39O8. The normalized spacial score (nSPS) is 13.9. The molecule has 0 aromatic carbocycles. The van der Waals surface area contributed by atoms with Gasteiger partial charge in [0.05, 0.1) is 12.9 Å². The number of rotatable bonds is 20. The van der Waals surface area contributed by atoms with E-state index in [1.165, 1.54) is 18.8 Å². The van der Waals surface area contributed by atoms with Gasteiger partial charge in [0.15, 0.2) is 5.92 Å². The van der Waals surface area contributed by atoms with Gasteiger partial charge >= 0.3 is 24.4 Å². The molecule has 0 spiro atoms. The van der Waals surface area contributed by atoms with E-state index < -0.39 is 29.4 Å². The predicted octanol–water partition coefficient (Wildman–Crippen LogP) is 5.05. The molecule has 0 N–H and O–H groups in total. The van der Waals surface area contributed by atoms with Gasteiger partial charge in [-0.3, -0.25) is 9.59 Å². The molecule has 35 heavy (non-hydrogen) atoms. The van der Waals surface area contributed by atoms with Crippen molar-refractivity contribution in [3.05, 3.63) is 49.3 Å². The molecule has 0 aromatic heterocycles. The maximum atomic E-state index is 12.5. The number of unbranched alkanes of at least 4 members (excludes halogenated alkanes) is 2. The van der Waals surface area contributed by atoms with Gasteiger partial charge in [0.2, 0.25) is 5.60 Å². The third-order valence-electron chi connectivity index (χ3n) is 5.00. The third-order valence-corrected chi connectivity index (χ3v) is 5.00. The van der Waals surface area contributed by atoms with Crippen molar-refractivity contribution in [1.82, 2.24) is 0 Å². The van der Waals surface area contributed by atoms with Crippen LogP contribution in [0.25, 0.3) is 0 Å². The van der Waals surface area contributed by atoms with E-state index >= 15 is 0 Å². The topological polar surface area (TPSA) is 105 Å². The van der Waals surface area contributed by atoms with Crippen molar-refractivity contribution in [2.75, 3.05) is 13.2 Å². The summed E-state index contributed by atoms with van der Waals surface area (Å²) in [6.07, 6.45) is 16.1. The molecule has 0 saturated carbocycles. The third kappa shape index (κ3) is 13.3. The largest absolute Gasteiger partial charge is 0.465 e. The second-order valence-corrected chi connectivity index (χ2v) is 7.62. The van der Waals surface area contributed by atoms with Gasteiger partial charge in [-0.2, -0.15) is 0 Å². The van der Waals surface area contributed by atoms with Crippen LogP contribution < -0.4 is 0 Å². The molecule has 0 amide bonds. The molecule has 0 fully saturated rings. The maximum absolute atomic E-state index is 12.5. The quantitative estimate of drug-likeness (QED) is 0.0582. The van der Waals surface area contributed by atoms with E-state index in [1.54, 1.807) is 19.1 Å². The Labute approximate surface area is 209 Å². The zero-order valence-corrected chi connectivity index (χ0v) is 21.2. The number of carbonyl (C=O) groups excluding carboxylic acids is 4. The number of hydrogen-bond donors (Lipinski definition) is 0. The molecule has 0 bridgehead atoms. The zero-order chi connectivity index (χ0) is 26.4. The summed E-state index contributed by atoms with van der Waals surface area (Å²) in [6.45, 7) is 10.7. The SMILES string of the molecule is C=CC(CC)(O[C]=O)C(=O)OC=CCCCC(C(=O)OCC=CCCC)C(=O)OCCC=CCC. The summed E-state index contributed by atoms with van der Waals surface area (Å²) in [5.74, 6) is -3.08. The number of hydrogen-bond acceptors (Lipinski definition) is 8. The first-order valence-electron chi connectivity index (χ1n) is 12.1. The lowest BCUT2D eigenvalue weighted by atomic mass is 10.0. The Morgan fingerprint density at radius 3 is 2.29 bits per heavy atom. The highest BCUT2D eigenvalue weighted by molar-refractivity contribution is 5.94. The first-order valence-corrected chi connectivity index (χ1v) is 12.1. The molecule has 1 radical (unpaired) electrons. The Hall–Kier alpha value is -3.16. The van der Waals surface area contributed by atoms with Gasteiger partial charge in [0, 0.05) is 0 Å². The van der Waals surface area contributed by atoms with Crippen LogP contribution in [0.15, 0.2) is 49.3 Å². The smallest absolute Gasteiger partial charge is 0.418 e. The molecule has 195 valence electrons. The van der Waals surface area contributed by atoms with Crippen molar-refractivity contribution in [1.29, 1.82) is 0 Å². The number of ether oxygens (including phenoxy) is 4. The highest BCUT2D eigenvalue weighted by Gasteiger charge is 2.37. The predicted molar refractivity (Wildman–Crippen MR) is 133 cm³/mol. The summed E-state index contributed by atoms with van der Waals surface area (Å²) in [6, 6.07) is 0. The molecule has 2 unspecified atom stereocenters. The lowest BCUT2D eigenvalue weighted by Gasteiger charge is -2.22. The number of allylic oxidation sites excluding steroid dienone is 3. The zero-order valence-electron chi connectivity index (χ0n) is 21.2. The van der Waals surface area contributed by atoms with E-state index in [0.29, 0.717) is 19.3 Å².